The number of hydrogen-bond acceptors (Lipinski definition) is 3. The van der Waals surface area contributed by atoms with Crippen molar-refractivity contribution in [2.45, 2.75) is 19.8 Å². The molecule has 0 bridgehead atoms. The summed E-state index contributed by atoms with van der Waals surface area (Å²) in [4.78, 5) is 10.8. The summed E-state index contributed by atoms with van der Waals surface area (Å²) in [5.74, 6) is -0.855. The van der Waals surface area contributed by atoms with Gasteiger partial charge >= 0.3 is 0 Å². The number of hydrogen-bond donors (Lipinski definition) is 0. The van der Waals surface area contributed by atoms with Crippen LogP contribution in [-0.2, 0) is 0 Å². The van der Waals surface area contributed by atoms with Crippen LogP contribution in [0.4, 0.5) is 0 Å². The van der Waals surface area contributed by atoms with Crippen LogP contribution in [0.15, 0.2) is 22.7 Å². The third-order valence-electron chi connectivity index (χ3n) is 1.92. The monoisotopic (exact) mass is 271 g/mol. The Morgan fingerprint density at radius 3 is 2.87 bits per heavy atom. The van der Waals surface area contributed by atoms with E-state index in [1.54, 1.807) is 12.1 Å². The number of carbonyl (C=O) groups is 1. The largest absolute Gasteiger partial charge is 0.545 e. The van der Waals surface area contributed by atoms with Gasteiger partial charge in [0.1, 0.15) is 5.75 Å². The molecule has 0 radical (unpaired) electrons. The second kappa shape index (κ2) is 5.75. The van der Waals surface area contributed by atoms with Gasteiger partial charge in [-0.15, -0.1) is 0 Å². The van der Waals surface area contributed by atoms with Gasteiger partial charge in [0.15, 0.2) is 0 Å². The van der Waals surface area contributed by atoms with Crippen molar-refractivity contribution in [2.24, 2.45) is 0 Å². The lowest BCUT2D eigenvalue weighted by atomic mass is 10.2. The van der Waals surface area contributed by atoms with Crippen LogP contribution in [0.2, 0.25) is 0 Å². The molecule has 0 unspecified atom stereocenters. The first kappa shape index (κ1) is 12.0. The quantitative estimate of drug-likeness (QED) is 0.770. The Hall–Kier alpha value is -1.03. The van der Waals surface area contributed by atoms with Crippen molar-refractivity contribution >= 4 is 21.9 Å². The summed E-state index contributed by atoms with van der Waals surface area (Å²) in [5, 5.41) is 10.8. The molecule has 0 heterocycles. The molecule has 0 aliphatic carbocycles. The van der Waals surface area contributed by atoms with Crippen LogP contribution >= 0.6 is 15.9 Å². The van der Waals surface area contributed by atoms with Gasteiger partial charge in [-0.3, -0.25) is 0 Å². The molecule has 1 aromatic carbocycles. The van der Waals surface area contributed by atoms with E-state index < -0.39 is 5.97 Å². The molecule has 0 N–H and O–H groups in total. The number of benzene rings is 1. The van der Waals surface area contributed by atoms with E-state index in [0.29, 0.717) is 12.4 Å². The second-order valence-electron chi connectivity index (χ2n) is 3.13. The number of carbonyl (C=O) groups excluding carboxylic acids is 1. The predicted octanol–water partition coefficient (Wildman–Crippen LogP) is 1.99. The van der Waals surface area contributed by atoms with Gasteiger partial charge in [0.05, 0.1) is 12.6 Å². The zero-order valence-corrected chi connectivity index (χ0v) is 10.0. The van der Waals surface area contributed by atoms with Crippen molar-refractivity contribution in [1.82, 2.24) is 0 Å². The lowest BCUT2D eigenvalue weighted by Crippen LogP contribution is -2.23. The fraction of sp³-hybridized carbons (Fsp3) is 0.364. The summed E-state index contributed by atoms with van der Waals surface area (Å²) in [7, 11) is 0. The van der Waals surface area contributed by atoms with Crippen molar-refractivity contribution < 1.29 is 14.6 Å². The van der Waals surface area contributed by atoms with E-state index in [1.807, 2.05) is 6.92 Å². The molecule has 0 saturated heterocycles. The molecule has 0 fully saturated rings. The zero-order chi connectivity index (χ0) is 11.3. The SMILES string of the molecule is CCCCOc1cc(Br)ccc1C(=O)[O-]. The summed E-state index contributed by atoms with van der Waals surface area (Å²) in [6.07, 6.45) is 1.91. The average Bonchev–Trinajstić information content (AvgIpc) is 2.18. The molecule has 0 aromatic heterocycles. The van der Waals surface area contributed by atoms with E-state index in [1.165, 1.54) is 6.07 Å². The maximum absolute atomic E-state index is 10.8. The van der Waals surface area contributed by atoms with E-state index in [0.717, 1.165) is 17.3 Å². The Balaban J connectivity index is 2.82. The predicted molar refractivity (Wildman–Crippen MR) is 58.9 cm³/mol. The normalized spacial score (nSPS) is 10.0. The second-order valence-corrected chi connectivity index (χ2v) is 4.05. The Labute approximate surface area is 97.2 Å². The number of rotatable bonds is 5. The minimum atomic E-state index is -1.21. The van der Waals surface area contributed by atoms with Crippen molar-refractivity contribution in [3.63, 3.8) is 0 Å². The fourth-order valence-electron chi connectivity index (χ4n) is 1.11. The van der Waals surface area contributed by atoms with Crippen LogP contribution in [0.1, 0.15) is 30.1 Å². The van der Waals surface area contributed by atoms with E-state index in [-0.39, 0.29) is 5.56 Å². The van der Waals surface area contributed by atoms with Gasteiger partial charge in [0, 0.05) is 10.0 Å². The highest BCUT2D eigenvalue weighted by Gasteiger charge is 2.05. The number of ether oxygens (including phenoxy) is 1. The first-order valence-corrected chi connectivity index (χ1v) is 5.58. The van der Waals surface area contributed by atoms with Gasteiger partial charge in [0.2, 0.25) is 0 Å². The molecule has 3 nitrogen and oxygen atoms in total. The Morgan fingerprint density at radius 1 is 1.53 bits per heavy atom. The summed E-state index contributed by atoms with van der Waals surface area (Å²) in [6.45, 7) is 2.57. The van der Waals surface area contributed by atoms with E-state index in [9.17, 15) is 9.90 Å². The van der Waals surface area contributed by atoms with Crippen LogP contribution in [0.25, 0.3) is 0 Å². The molecular weight excluding hydrogens is 260 g/mol. The minimum Gasteiger partial charge on any atom is -0.545 e. The number of aromatic carboxylic acids is 1. The van der Waals surface area contributed by atoms with Crippen LogP contribution in [0, 0.1) is 0 Å². The van der Waals surface area contributed by atoms with E-state index in [4.69, 9.17) is 4.74 Å². The topological polar surface area (TPSA) is 49.4 Å². The molecule has 0 aliphatic heterocycles. The molecule has 15 heavy (non-hydrogen) atoms. The number of carboxylic acids is 1. The van der Waals surface area contributed by atoms with Crippen LogP contribution in [0.3, 0.4) is 0 Å². The summed E-state index contributed by atoms with van der Waals surface area (Å²) >= 11 is 3.26. The van der Waals surface area contributed by atoms with Gasteiger partial charge in [0.25, 0.3) is 0 Å². The van der Waals surface area contributed by atoms with Crippen molar-refractivity contribution in [3.8, 4) is 5.75 Å². The highest BCUT2D eigenvalue weighted by Crippen LogP contribution is 2.23. The van der Waals surface area contributed by atoms with Crippen LogP contribution in [0.5, 0.6) is 5.75 Å². The van der Waals surface area contributed by atoms with E-state index >= 15 is 0 Å². The van der Waals surface area contributed by atoms with Gasteiger partial charge < -0.3 is 14.6 Å². The number of halogens is 1. The van der Waals surface area contributed by atoms with Gasteiger partial charge in [-0.2, -0.15) is 0 Å². The Kier molecular flexibility index (Phi) is 4.62. The summed E-state index contributed by atoms with van der Waals surface area (Å²) in [5.41, 5.74) is 0.0919. The summed E-state index contributed by atoms with van der Waals surface area (Å²) in [6, 6.07) is 4.76. The van der Waals surface area contributed by atoms with Crippen LogP contribution in [-0.4, -0.2) is 12.6 Å². The highest BCUT2D eigenvalue weighted by atomic mass is 79.9. The standard InChI is InChI=1S/C11H13BrO3/c1-2-3-6-15-10-7-8(12)4-5-9(10)11(13)14/h4-5,7H,2-3,6H2,1H3,(H,13,14)/p-1. The van der Waals surface area contributed by atoms with Crippen LogP contribution < -0.4 is 9.84 Å². The molecule has 0 atom stereocenters. The molecule has 4 heteroatoms. The van der Waals surface area contributed by atoms with E-state index in [2.05, 4.69) is 15.9 Å². The Morgan fingerprint density at radius 2 is 2.27 bits per heavy atom. The molecule has 0 saturated carbocycles. The third kappa shape index (κ3) is 3.55. The molecule has 0 spiro atoms. The van der Waals surface area contributed by atoms with Gasteiger partial charge in [-0.25, -0.2) is 0 Å². The zero-order valence-electron chi connectivity index (χ0n) is 8.46. The third-order valence-corrected chi connectivity index (χ3v) is 2.41. The van der Waals surface area contributed by atoms with Crippen molar-refractivity contribution in [1.29, 1.82) is 0 Å². The molecular formula is C11H12BrO3-. The van der Waals surface area contributed by atoms with Crippen molar-refractivity contribution in [2.75, 3.05) is 6.61 Å². The number of carboxylic acid groups (broad SMARTS) is 1. The molecule has 1 aromatic rings. The fourth-order valence-corrected chi connectivity index (χ4v) is 1.45. The lowest BCUT2D eigenvalue weighted by Gasteiger charge is -2.12. The maximum atomic E-state index is 10.8. The molecule has 82 valence electrons. The summed E-state index contributed by atoms with van der Waals surface area (Å²) < 4.78 is 6.16. The first-order chi connectivity index (χ1) is 7.15. The average molecular weight is 272 g/mol. The first-order valence-electron chi connectivity index (χ1n) is 4.79. The van der Waals surface area contributed by atoms with Gasteiger partial charge in [-0.05, 0) is 24.6 Å². The van der Waals surface area contributed by atoms with Gasteiger partial charge in [-0.1, -0.05) is 29.3 Å². The lowest BCUT2D eigenvalue weighted by molar-refractivity contribution is -0.255. The molecule has 0 amide bonds. The minimum absolute atomic E-state index is 0.0919. The molecule has 0 aliphatic rings. The Bertz CT molecular complexity index is 350. The number of unbranched alkanes of at least 4 members (excludes halogenated alkanes) is 1. The smallest absolute Gasteiger partial charge is 0.129 e. The highest BCUT2D eigenvalue weighted by molar-refractivity contribution is 9.10. The molecule has 1 rings (SSSR count). The maximum Gasteiger partial charge on any atom is 0.129 e. The van der Waals surface area contributed by atoms with Crippen molar-refractivity contribution in [3.05, 3.63) is 28.2 Å².